The van der Waals surface area contributed by atoms with Crippen molar-refractivity contribution in [3.63, 3.8) is 0 Å². The molecule has 0 aliphatic carbocycles. The zero-order valence-electron chi connectivity index (χ0n) is 16.5. The van der Waals surface area contributed by atoms with Crippen molar-refractivity contribution in [1.29, 1.82) is 0 Å². The van der Waals surface area contributed by atoms with Gasteiger partial charge < -0.3 is 4.90 Å². The molecule has 0 atom stereocenters. The lowest BCUT2D eigenvalue weighted by Gasteiger charge is -2.61. The first-order chi connectivity index (χ1) is 13.6. The first kappa shape index (κ1) is 19.9. The van der Waals surface area contributed by atoms with Crippen molar-refractivity contribution in [2.45, 2.75) is 32.0 Å². The van der Waals surface area contributed by atoms with Gasteiger partial charge in [-0.1, -0.05) is 36.4 Å². The van der Waals surface area contributed by atoms with Gasteiger partial charge in [0.05, 0.1) is 11.1 Å². The topological polar surface area (TPSA) is 36.4 Å². The number of nitrogens with zero attached hydrogens (tertiary/aromatic N) is 3. The Morgan fingerprint density at radius 3 is 2.21 bits per heavy atom. The number of rotatable bonds is 4. The van der Waals surface area contributed by atoms with E-state index in [0.29, 0.717) is 13.1 Å². The molecule has 2 aliphatic heterocycles. The highest BCUT2D eigenvalue weighted by molar-refractivity contribution is 5.87. The van der Waals surface area contributed by atoms with Gasteiger partial charge in [-0.25, -0.2) is 4.98 Å². The molecule has 1 amide bonds. The minimum Gasteiger partial charge on any atom is -0.340 e. The molecule has 0 N–H and O–H groups in total. The minimum absolute atomic E-state index is 0.127. The zero-order chi connectivity index (χ0) is 20.9. The van der Waals surface area contributed by atoms with Crippen molar-refractivity contribution in [3.8, 4) is 0 Å². The van der Waals surface area contributed by atoms with Gasteiger partial charge in [0.2, 0.25) is 5.91 Å². The normalized spacial score (nSPS) is 19.0. The Hall–Kier alpha value is -2.41. The lowest BCUT2D eigenvalue weighted by Crippen LogP contribution is -2.73. The molecule has 2 aliphatic rings. The molecule has 29 heavy (non-hydrogen) atoms. The van der Waals surface area contributed by atoms with Crippen LogP contribution in [0.4, 0.5) is 13.2 Å². The fraction of sp³-hybridized carbons (Fsp3) is 0.455. The van der Waals surface area contributed by atoms with Gasteiger partial charge in [0.25, 0.3) is 0 Å². The number of aromatic nitrogens is 1. The Morgan fingerprint density at radius 1 is 0.966 bits per heavy atom. The van der Waals surface area contributed by atoms with Crippen LogP contribution in [0.5, 0.6) is 0 Å². The first-order valence-corrected chi connectivity index (χ1v) is 9.70. The van der Waals surface area contributed by atoms with E-state index < -0.39 is 17.3 Å². The van der Waals surface area contributed by atoms with Crippen LogP contribution < -0.4 is 0 Å². The molecule has 2 saturated heterocycles. The van der Waals surface area contributed by atoms with Crippen LogP contribution >= 0.6 is 0 Å². The summed E-state index contributed by atoms with van der Waals surface area (Å²) in [6.07, 6.45) is -4.52. The predicted molar refractivity (Wildman–Crippen MR) is 103 cm³/mol. The molecule has 1 spiro atoms. The number of pyridine rings is 1. The summed E-state index contributed by atoms with van der Waals surface area (Å²) in [5.74, 6) is -0.170. The van der Waals surface area contributed by atoms with E-state index in [-0.39, 0.29) is 17.0 Å². The van der Waals surface area contributed by atoms with Crippen molar-refractivity contribution < 1.29 is 18.0 Å². The molecular formula is C22H24F3N3O. The molecule has 0 radical (unpaired) electrons. The van der Waals surface area contributed by atoms with E-state index in [0.717, 1.165) is 25.7 Å². The number of carbonyl (C=O) groups excluding carboxylic acids is 1. The van der Waals surface area contributed by atoms with Crippen LogP contribution in [0.15, 0.2) is 48.5 Å². The van der Waals surface area contributed by atoms with E-state index in [2.05, 4.69) is 22.0 Å². The van der Waals surface area contributed by atoms with Gasteiger partial charge in [0.15, 0.2) is 0 Å². The van der Waals surface area contributed by atoms with Crippen LogP contribution in [0, 0.1) is 5.41 Å². The molecule has 1 aromatic carbocycles. The fourth-order valence-electron chi connectivity index (χ4n) is 4.41. The predicted octanol–water partition coefficient (Wildman–Crippen LogP) is 3.72. The lowest BCUT2D eigenvalue weighted by atomic mass is 9.71. The van der Waals surface area contributed by atoms with E-state index in [1.807, 2.05) is 18.2 Å². The number of amides is 1. The van der Waals surface area contributed by atoms with Crippen molar-refractivity contribution in [1.82, 2.24) is 14.8 Å². The molecule has 0 bridgehead atoms. The molecule has 0 saturated carbocycles. The summed E-state index contributed by atoms with van der Waals surface area (Å²) < 4.78 is 38.9. The monoisotopic (exact) mass is 403 g/mol. The largest absolute Gasteiger partial charge is 0.433 e. The molecule has 1 aromatic heterocycles. The SMILES string of the molecule is CC(C)(C(=O)N1CC2(CN(Cc3ccccc3)C2)C1)c1cccc(C(F)(F)F)n1. The third kappa shape index (κ3) is 3.75. The Morgan fingerprint density at radius 2 is 1.59 bits per heavy atom. The van der Waals surface area contributed by atoms with Crippen LogP contribution in [-0.4, -0.2) is 46.9 Å². The second kappa shape index (κ2) is 6.83. The van der Waals surface area contributed by atoms with E-state index in [1.54, 1.807) is 18.7 Å². The molecule has 154 valence electrons. The summed E-state index contributed by atoms with van der Waals surface area (Å²) in [6.45, 7) is 7.37. The number of hydrogen-bond acceptors (Lipinski definition) is 3. The highest BCUT2D eigenvalue weighted by atomic mass is 19.4. The maximum atomic E-state index is 13.0. The summed E-state index contributed by atoms with van der Waals surface area (Å²) in [4.78, 5) is 20.8. The van der Waals surface area contributed by atoms with Gasteiger partial charge >= 0.3 is 6.18 Å². The molecule has 2 fully saturated rings. The van der Waals surface area contributed by atoms with Crippen molar-refractivity contribution in [2.24, 2.45) is 5.41 Å². The standard InChI is InChI=1S/C22H24F3N3O/c1-20(2,17-9-6-10-18(26-17)22(23,24)25)19(29)28-14-21(15-28)12-27(13-21)11-16-7-4-3-5-8-16/h3-10H,11-15H2,1-2H3. The molecule has 3 heterocycles. The summed E-state index contributed by atoms with van der Waals surface area (Å²) in [5.41, 5.74) is -0.520. The van der Waals surface area contributed by atoms with Gasteiger partial charge in [-0.3, -0.25) is 9.69 Å². The molecule has 2 aromatic rings. The van der Waals surface area contributed by atoms with Gasteiger partial charge in [-0.2, -0.15) is 13.2 Å². The van der Waals surface area contributed by atoms with Crippen LogP contribution in [0.3, 0.4) is 0 Å². The fourth-order valence-corrected chi connectivity index (χ4v) is 4.41. The van der Waals surface area contributed by atoms with Crippen molar-refractivity contribution >= 4 is 5.91 Å². The van der Waals surface area contributed by atoms with Crippen LogP contribution in [-0.2, 0) is 22.9 Å². The minimum atomic E-state index is -4.52. The second-order valence-corrected chi connectivity index (χ2v) is 8.82. The highest BCUT2D eigenvalue weighted by Gasteiger charge is 2.54. The maximum absolute atomic E-state index is 13.0. The molecule has 0 unspecified atom stereocenters. The summed E-state index contributed by atoms with van der Waals surface area (Å²) in [6, 6.07) is 14.0. The Labute approximate surface area is 168 Å². The molecule has 4 rings (SSSR count). The molecule has 4 nitrogen and oxygen atoms in total. The first-order valence-electron chi connectivity index (χ1n) is 9.70. The van der Waals surface area contributed by atoms with Crippen molar-refractivity contribution in [2.75, 3.05) is 26.2 Å². The van der Waals surface area contributed by atoms with E-state index in [4.69, 9.17) is 0 Å². The molecular weight excluding hydrogens is 379 g/mol. The van der Waals surface area contributed by atoms with E-state index in [9.17, 15) is 18.0 Å². The maximum Gasteiger partial charge on any atom is 0.433 e. The zero-order valence-corrected chi connectivity index (χ0v) is 16.5. The quantitative estimate of drug-likeness (QED) is 0.781. The number of likely N-dealkylation sites (tertiary alicyclic amines) is 2. The van der Waals surface area contributed by atoms with Crippen LogP contribution in [0.2, 0.25) is 0 Å². The Bertz CT molecular complexity index is 897. The second-order valence-electron chi connectivity index (χ2n) is 8.82. The van der Waals surface area contributed by atoms with E-state index in [1.165, 1.54) is 17.7 Å². The number of hydrogen-bond donors (Lipinski definition) is 0. The summed E-state index contributed by atoms with van der Waals surface area (Å²) in [7, 11) is 0. The smallest absolute Gasteiger partial charge is 0.340 e. The highest BCUT2D eigenvalue weighted by Crippen LogP contribution is 2.42. The van der Waals surface area contributed by atoms with Gasteiger partial charge in [-0.15, -0.1) is 0 Å². The average molecular weight is 403 g/mol. The number of alkyl halides is 3. The van der Waals surface area contributed by atoms with E-state index >= 15 is 0 Å². The lowest BCUT2D eigenvalue weighted by molar-refractivity contribution is -0.165. The number of carbonyl (C=O) groups is 1. The Kier molecular flexibility index (Phi) is 4.69. The summed E-state index contributed by atoms with van der Waals surface area (Å²) in [5, 5.41) is 0. The number of halogens is 3. The number of benzene rings is 1. The van der Waals surface area contributed by atoms with Crippen LogP contribution in [0.25, 0.3) is 0 Å². The van der Waals surface area contributed by atoms with Crippen LogP contribution in [0.1, 0.15) is 30.8 Å². The Balaban J connectivity index is 1.36. The van der Waals surface area contributed by atoms with Gasteiger partial charge in [-0.05, 0) is 31.5 Å². The molecule has 7 heteroatoms. The summed E-state index contributed by atoms with van der Waals surface area (Å²) >= 11 is 0. The third-order valence-corrected chi connectivity index (χ3v) is 5.92. The third-order valence-electron chi connectivity index (χ3n) is 5.92. The van der Waals surface area contributed by atoms with Gasteiger partial charge in [0, 0.05) is 38.1 Å². The van der Waals surface area contributed by atoms with Gasteiger partial charge in [0.1, 0.15) is 5.69 Å². The average Bonchev–Trinajstić information content (AvgIpc) is 2.62. The van der Waals surface area contributed by atoms with Crippen molar-refractivity contribution in [3.05, 3.63) is 65.5 Å².